The van der Waals surface area contributed by atoms with Crippen LogP contribution < -0.4 is 0 Å². The minimum atomic E-state index is 0.708. The molecule has 100 valence electrons. The molecule has 0 bridgehead atoms. The summed E-state index contributed by atoms with van der Waals surface area (Å²) in [4.78, 5) is 11.1. The summed E-state index contributed by atoms with van der Waals surface area (Å²) in [6, 6.07) is 12.3. The SMILES string of the molecule is C=Cc1cc(-c2cccc(C(=C)C)c2)cc(C)c1C=O. The molecule has 1 nitrogen and oxygen atoms in total. The van der Waals surface area contributed by atoms with E-state index in [2.05, 4.69) is 25.3 Å². The normalized spacial score (nSPS) is 10.1. The number of allylic oxidation sites excluding steroid dienone is 1. The monoisotopic (exact) mass is 262 g/mol. The van der Waals surface area contributed by atoms with Crippen molar-refractivity contribution in [2.24, 2.45) is 0 Å². The van der Waals surface area contributed by atoms with Gasteiger partial charge in [0, 0.05) is 5.56 Å². The molecular formula is C19H18O. The lowest BCUT2D eigenvalue weighted by Crippen LogP contribution is -1.93. The van der Waals surface area contributed by atoms with Gasteiger partial charge in [-0.05, 0) is 53.8 Å². The molecule has 0 saturated carbocycles. The molecule has 0 saturated heterocycles. The van der Waals surface area contributed by atoms with Gasteiger partial charge >= 0.3 is 0 Å². The molecule has 0 aliphatic rings. The van der Waals surface area contributed by atoms with Crippen LogP contribution in [0.15, 0.2) is 49.6 Å². The lowest BCUT2D eigenvalue weighted by molar-refractivity contribution is 0.112. The fourth-order valence-corrected chi connectivity index (χ4v) is 2.29. The number of hydrogen-bond acceptors (Lipinski definition) is 1. The predicted octanol–water partition coefficient (Wildman–Crippen LogP) is 5.15. The highest BCUT2D eigenvalue weighted by Crippen LogP contribution is 2.27. The number of carbonyl (C=O) groups is 1. The molecule has 0 unspecified atom stereocenters. The quantitative estimate of drug-likeness (QED) is 0.696. The highest BCUT2D eigenvalue weighted by Gasteiger charge is 2.07. The molecule has 0 radical (unpaired) electrons. The zero-order valence-corrected chi connectivity index (χ0v) is 11.9. The molecule has 0 amide bonds. The first-order valence-electron chi connectivity index (χ1n) is 6.55. The molecule has 0 aromatic heterocycles. The smallest absolute Gasteiger partial charge is 0.150 e. The van der Waals surface area contributed by atoms with Crippen molar-refractivity contribution in [3.63, 3.8) is 0 Å². The first kappa shape index (κ1) is 14.0. The number of carbonyl (C=O) groups excluding carboxylic acids is 1. The van der Waals surface area contributed by atoms with E-state index in [1.54, 1.807) is 6.08 Å². The number of hydrogen-bond donors (Lipinski definition) is 0. The lowest BCUT2D eigenvalue weighted by atomic mass is 9.94. The van der Waals surface area contributed by atoms with E-state index in [1.165, 1.54) is 0 Å². The van der Waals surface area contributed by atoms with Gasteiger partial charge in [0.25, 0.3) is 0 Å². The van der Waals surface area contributed by atoms with Gasteiger partial charge in [0.1, 0.15) is 0 Å². The molecule has 0 aliphatic heterocycles. The van der Waals surface area contributed by atoms with Crippen molar-refractivity contribution in [3.05, 3.63) is 71.8 Å². The second-order valence-corrected chi connectivity index (χ2v) is 4.98. The van der Waals surface area contributed by atoms with E-state index in [-0.39, 0.29) is 0 Å². The topological polar surface area (TPSA) is 17.1 Å². The largest absolute Gasteiger partial charge is 0.298 e. The molecule has 2 aromatic carbocycles. The number of rotatable bonds is 4. The lowest BCUT2D eigenvalue weighted by Gasteiger charge is -2.10. The van der Waals surface area contributed by atoms with E-state index in [4.69, 9.17) is 0 Å². The minimum absolute atomic E-state index is 0.708. The molecule has 20 heavy (non-hydrogen) atoms. The summed E-state index contributed by atoms with van der Waals surface area (Å²) >= 11 is 0. The Morgan fingerprint density at radius 2 is 1.90 bits per heavy atom. The van der Waals surface area contributed by atoms with Crippen molar-refractivity contribution in [3.8, 4) is 11.1 Å². The Morgan fingerprint density at radius 3 is 2.50 bits per heavy atom. The van der Waals surface area contributed by atoms with Crippen molar-refractivity contribution in [1.82, 2.24) is 0 Å². The van der Waals surface area contributed by atoms with E-state index in [9.17, 15) is 4.79 Å². The molecule has 2 aromatic rings. The van der Waals surface area contributed by atoms with Gasteiger partial charge in [-0.1, -0.05) is 49.1 Å². The Balaban J connectivity index is 2.61. The Bertz CT molecular complexity index is 693. The van der Waals surface area contributed by atoms with E-state index in [0.29, 0.717) is 5.56 Å². The van der Waals surface area contributed by atoms with Crippen molar-refractivity contribution in [2.75, 3.05) is 0 Å². The third-order valence-corrected chi connectivity index (χ3v) is 3.45. The summed E-state index contributed by atoms with van der Waals surface area (Å²) in [7, 11) is 0. The van der Waals surface area contributed by atoms with Gasteiger partial charge < -0.3 is 0 Å². The van der Waals surface area contributed by atoms with Gasteiger partial charge in [-0.15, -0.1) is 0 Å². The van der Waals surface area contributed by atoms with Gasteiger partial charge in [-0.2, -0.15) is 0 Å². The molecule has 0 fully saturated rings. The first-order chi connectivity index (χ1) is 9.56. The van der Waals surface area contributed by atoms with Crippen LogP contribution in [0, 0.1) is 6.92 Å². The average Bonchev–Trinajstić information content (AvgIpc) is 2.46. The second kappa shape index (κ2) is 5.70. The highest BCUT2D eigenvalue weighted by atomic mass is 16.1. The molecule has 0 atom stereocenters. The minimum Gasteiger partial charge on any atom is -0.298 e. The Labute approximate surface area is 120 Å². The summed E-state index contributed by atoms with van der Waals surface area (Å²) in [6.45, 7) is 11.7. The van der Waals surface area contributed by atoms with Crippen LogP contribution in [0.5, 0.6) is 0 Å². The van der Waals surface area contributed by atoms with Crippen LogP contribution in [0.3, 0.4) is 0 Å². The molecule has 2 rings (SSSR count). The van der Waals surface area contributed by atoms with Gasteiger partial charge in [-0.25, -0.2) is 0 Å². The maximum atomic E-state index is 11.1. The van der Waals surface area contributed by atoms with Crippen LogP contribution in [-0.4, -0.2) is 6.29 Å². The van der Waals surface area contributed by atoms with Crippen LogP contribution in [0.2, 0.25) is 0 Å². The average molecular weight is 262 g/mol. The fourth-order valence-electron chi connectivity index (χ4n) is 2.29. The van der Waals surface area contributed by atoms with Crippen LogP contribution in [0.1, 0.15) is 34.0 Å². The number of benzene rings is 2. The second-order valence-electron chi connectivity index (χ2n) is 4.98. The molecular weight excluding hydrogens is 244 g/mol. The Kier molecular flexibility index (Phi) is 3.99. The molecule has 0 N–H and O–H groups in total. The van der Waals surface area contributed by atoms with Crippen molar-refractivity contribution < 1.29 is 4.79 Å². The third-order valence-electron chi connectivity index (χ3n) is 3.45. The summed E-state index contributed by atoms with van der Waals surface area (Å²) in [5, 5.41) is 0. The maximum absolute atomic E-state index is 11.1. The van der Waals surface area contributed by atoms with Crippen LogP contribution in [-0.2, 0) is 0 Å². The summed E-state index contributed by atoms with van der Waals surface area (Å²) in [6.07, 6.45) is 2.61. The van der Waals surface area contributed by atoms with E-state index in [0.717, 1.165) is 39.7 Å². The molecule has 0 spiro atoms. The first-order valence-corrected chi connectivity index (χ1v) is 6.55. The van der Waals surface area contributed by atoms with Gasteiger partial charge in [0.15, 0.2) is 6.29 Å². The highest BCUT2D eigenvalue weighted by molar-refractivity contribution is 5.86. The van der Waals surface area contributed by atoms with E-state index < -0.39 is 0 Å². The number of aryl methyl sites for hydroxylation is 1. The van der Waals surface area contributed by atoms with Gasteiger partial charge in [0.2, 0.25) is 0 Å². The summed E-state index contributed by atoms with van der Waals surface area (Å²) < 4.78 is 0. The number of aldehydes is 1. The van der Waals surface area contributed by atoms with Crippen LogP contribution in [0.4, 0.5) is 0 Å². The van der Waals surface area contributed by atoms with E-state index in [1.807, 2.05) is 38.1 Å². The van der Waals surface area contributed by atoms with Crippen molar-refractivity contribution in [2.45, 2.75) is 13.8 Å². The summed E-state index contributed by atoms with van der Waals surface area (Å²) in [5.74, 6) is 0. The molecule has 0 aliphatic carbocycles. The van der Waals surface area contributed by atoms with Crippen molar-refractivity contribution in [1.29, 1.82) is 0 Å². The van der Waals surface area contributed by atoms with E-state index >= 15 is 0 Å². The summed E-state index contributed by atoms with van der Waals surface area (Å²) in [5.41, 5.74) is 6.92. The third kappa shape index (κ3) is 2.62. The van der Waals surface area contributed by atoms with Crippen molar-refractivity contribution >= 4 is 17.9 Å². The standard InChI is InChI=1S/C19H18O/c1-5-15-10-18(9-14(4)19(15)12-20)17-8-6-7-16(11-17)13(2)3/h5-12H,1-2H2,3-4H3. The zero-order valence-electron chi connectivity index (χ0n) is 11.9. The molecule has 0 heterocycles. The van der Waals surface area contributed by atoms with Gasteiger partial charge in [0.05, 0.1) is 0 Å². The Morgan fingerprint density at radius 1 is 1.15 bits per heavy atom. The Hall–Kier alpha value is -2.41. The van der Waals surface area contributed by atoms with Gasteiger partial charge in [-0.3, -0.25) is 4.79 Å². The fraction of sp³-hybridized carbons (Fsp3) is 0.105. The van der Waals surface area contributed by atoms with Crippen LogP contribution >= 0.6 is 0 Å². The molecule has 1 heteroatoms. The maximum Gasteiger partial charge on any atom is 0.150 e. The predicted molar refractivity (Wildman–Crippen MR) is 86.8 cm³/mol. The zero-order chi connectivity index (χ0) is 14.7. The van der Waals surface area contributed by atoms with Crippen LogP contribution in [0.25, 0.3) is 22.8 Å².